The van der Waals surface area contributed by atoms with Gasteiger partial charge in [-0.05, 0) is 91.7 Å². The van der Waals surface area contributed by atoms with Gasteiger partial charge in [0.2, 0.25) is 0 Å². The van der Waals surface area contributed by atoms with Crippen molar-refractivity contribution in [3.05, 3.63) is 140 Å². The maximum Gasteiger partial charge on any atom is 0.338 e. The van der Waals surface area contributed by atoms with E-state index in [1.54, 1.807) is 4.57 Å². The van der Waals surface area contributed by atoms with Gasteiger partial charge in [-0.15, -0.1) is 0 Å². The van der Waals surface area contributed by atoms with Crippen LogP contribution in [0.5, 0.6) is 5.75 Å². The van der Waals surface area contributed by atoms with Gasteiger partial charge in [0, 0.05) is 9.13 Å². The SMILES string of the molecule is CCC1=C(C(=O)OC)[C@@H](c2ccccc2)n2c(s/c(=C/c3cc(I)cc(I)c3OCc3cccc4ccccc34)c2=O)=N1. The molecule has 6 rings (SSSR count). The Kier molecular flexibility index (Phi) is 8.83. The summed E-state index contributed by atoms with van der Waals surface area (Å²) in [5, 5.41) is 2.31. The molecule has 1 aromatic heterocycles. The van der Waals surface area contributed by atoms with E-state index < -0.39 is 12.0 Å². The minimum absolute atomic E-state index is 0.219. The van der Waals surface area contributed by atoms with Crippen LogP contribution in [0.1, 0.15) is 36.1 Å². The summed E-state index contributed by atoms with van der Waals surface area (Å²) in [6.07, 6.45) is 2.40. The molecule has 4 aromatic carbocycles. The quantitative estimate of drug-likeness (QED) is 0.135. The predicted octanol–water partition coefficient (Wildman–Crippen LogP) is 6.74. The zero-order chi connectivity index (χ0) is 30.1. The van der Waals surface area contributed by atoms with Crippen LogP contribution in [0.25, 0.3) is 16.8 Å². The number of carbonyl (C=O) groups excluding carboxylic acids is 1. The largest absolute Gasteiger partial charge is 0.487 e. The molecule has 0 fully saturated rings. The number of allylic oxidation sites excluding steroid dienone is 1. The zero-order valence-corrected chi connectivity index (χ0v) is 28.5. The van der Waals surface area contributed by atoms with Crippen LogP contribution >= 0.6 is 56.5 Å². The number of rotatable bonds is 7. The van der Waals surface area contributed by atoms with E-state index in [1.165, 1.54) is 18.4 Å². The number of hydrogen-bond acceptors (Lipinski definition) is 6. The van der Waals surface area contributed by atoms with Crippen LogP contribution in [0, 0.1) is 7.14 Å². The smallest absolute Gasteiger partial charge is 0.338 e. The zero-order valence-electron chi connectivity index (χ0n) is 23.3. The number of aromatic nitrogens is 1. The van der Waals surface area contributed by atoms with Crippen LogP contribution < -0.4 is 19.6 Å². The second-order valence-electron chi connectivity index (χ2n) is 9.93. The minimum atomic E-state index is -0.639. The normalized spacial score (nSPS) is 14.9. The third-order valence-corrected chi connectivity index (χ3v) is 9.75. The van der Waals surface area contributed by atoms with Crippen molar-refractivity contribution in [3.8, 4) is 5.75 Å². The number of hydrogen-bond donors (Lipinski definition) is 0. The lowest BCUT2D eigenvalue weighted by molar-refractivity contribution is -0.136. The standard InChI is InChI=1S/C34H26I2N2O4S/c1-3-27-29(33(40)41-2)30(21-11-5-4-6-12-21)38-32(39)28(43-34(38)37-27)17-23-16-24(35)18-26(36)31(23)42-19-22-14-9-13-20-10-7-8-15-25(20)22/h4-18,30H,3,19H2,1-2H3/b28-17+/t30-/m1/s1. The third-order valence-electron chi connectivity index (χ3n) is 7.34. The monoisotopic (exact) mass is 812 g/mol. The van der Waals surface area contributed by atoms with Gasteiger partial charge >= 0.3 is 5.97 Å². The summed E-state index contributed by atoms with van der Waals surface area (Å²) in [5.41, 5.74) is 3.50. The Hall–Kier alpha value is -3.29. The highest BCUT2D eigenvalue weighted by molar-refractivity contribution is 14.1. The fourth-order valence-electron chi connectivity index (χ4n) is 5.36. The van der Waals surface area contributed by atoms with Crippen LogP contribution in [0.3, 0.4) is 0 Å². The summed E-state index contributed by atoms with van der Waals surface area (Å²) >= 11 is 5.88. The summed E-state index contributed by atoms with van der Waals surface area (Å²) in [6.45, 7) is 2.34. The maximum atomic E-state index is 14.1. The first kappa shape index (κ1) is 29.8. The summed E-state index contributed by atoms with van der Waals surface area (Å²) in [4.78, 5) is 32.5. The first-order chi connectivity index (χ1) is 20.9. The molecule has 5 aromatic rings. The van der Waals surface area contributed by atoms with Gasteiger partial charge in [0.15, 0.2) is 4.80 Å². The minimum Gasteiger partial charge on any atom is -0.487 e. The Bertz CT molecular complexity index is 2080. The van der Waals surface area contributed by atoms with Crippen LogP contribution in [0.4, 0.5) is 0 Å². The van der Waals surface area contributed by atoms with Gasteiger partial charge in [0.1, 0.15) is 12.4 Å². The van der Waals surface area contributed by atoms with E-state index >= 15 is 0 Å². The Balaban J connectivity index is 1.48. The lowest BCUT2D eigenvalue weighted by Crippen LogP contribution is -2.40. The number of benzene rings is 4. The Morgan fingerprint density at radius 1 is 1.02 bits per heavy atom. The van der Waals surface area contributed by atoms with Gasteiger partial charge in [-0.2, -0.15) is 0 Å². The van der Waals surface area contributed by atoms with Gasteiger partial charge in [-0.1, -0.05) is 91.1 Å². The van der Waals surface area contributed by atoms with Crippen molar-refractivity contribution in [1.82, 2.24) is 4.57 Å². The van der Waals surface area contributed by atoms with Gasteiger partial charge < -0.3 is 9.47 Å². The van der Waals surface area contributed by atoms with E-state index in [1.807, 2.05) is 67.6 Å². The molecule has 2 heterocycles. The molecule has 1 aliphatic rings. The van der Waals surface area contributed by atoms with E-state index in [-0.39, 0.29) is 5.56 Å². The first-order valence-corrected chi connectivity index (χ1v) is 16.6. The van der Waals surface area contributed by atoms with Crippen LogP contribution in [-0.4, -0.2) is 17.6 Å². The van der Waals surface area contributed by atoms with Crippen LogP contribution in [0.2, 0.25) is 0 Å². The predicted molar refractivity (Wildman–Crippen MR) is 187 cm³/mol. The molecule has 9 heteroatoms. The highest BCUT2D eigenvalue weighted by Gasteiger charge is 2.33. The number of fused-ring (bicyclic) bond motifs is 2. The molecule has 43 heavy (non-hydrogen) atoms. The van der Waals surface area contributed by atoms with Gasteiger partial charge in [-0.25, -0.2) is 9.79 Å². The molecule has 6 nitrogen and oxygen atoms in total. The van der Waals surface area contributed by atoms with Crippen molar-refractivity contribution in [2.45, 2.75) is 26.0 Å². The molecule has 0 radical (unpaired) electrons. The molecular formula is C34H26I2N2O4S. The maximum absolute atomic E-state index is 14.1. The number of ether oxygens (including phenoxy) is 2. The number of esters is 1. The number of nitrogens with zero attached hydrogens (tertiary/aromatic N) is 2. The average molecular weight is 812 g/mol. The second-order valence-corrected chi connectivity index (χ2v) is 13.3. The molecule has 1 aliphatic heterocycles. The van der Waals surface area contributed by atoms with Crippen LogP contribution in [-0.2, 0) is 16.1 Å². The second kappa shape index (κ2) is 12.7. The Morgan fingerprint density at radius 2 is 1.77 bits per heavy atom. The molecule has 0 unspecified atom stereocenters. The fraction of sp³-hybridized carbons (Fsp3) is 0.147. The van der Waals surface area contributed by atoms with Crippen molar-refractivity contribution < 1.29 is 14.3 Å². The van der Waals surface area contributed by atoms with E-state index in [9.17, 15) is 9.59 Å². The van der Waals surface area contributed by atoms with Gasteiger partial charge in [-0.3, -0.25) is 9.36 Å². The summed E-state index contributed by atoms with van der Waals surface area (Å²) in [6, 6.07) is 27.5. The average Bonchev–Trinajstić information content (AvgIpc) is 3.33. The van der Waals surface area contributed by atoms with E-state index in [4.69, 9.17) is 14.5 Å². The summed E-state index contributed by atoms with van der Waals surface area (Å²) < 4.78 is 15.8. The lowest BCUT2D eigenvalue weighted by atomic mass is 9.95. The first-order valence-electron chi connectivity index (χ1n) is 13.7. The molecule has 0 saturated carbocycles. The van der Waals surface area contributed by atoms with E-state index in [0.29, 0.717) is 39.4 Å². The van der Waals surface area contributed by atoms with Crippen LogP contribution in [0.15, 0.2) is 106 Å². The van der Waals surface area contributed by atoms with Crippen molar-refractivity contribution in [3.63, 3.8) is 0 Å². The molecule has 1 atom stereocenters. The number of thiazole rings is 1. The van der Waals surface area contributed by atoms with Crippen molar-refractivity contribution >= 4 is 79.3 Å². The Labute approximate surface area is 279 Å². The van der Waals surface area contributed by atoms with Crippen molar-refractivity contribution in [2.24, 2.45) is 4.99 Å². The molecule has 0 bridgehead atoms. The lowest BCUT2D eigenvalue weighted by Gasteiger charge is -2.25. The molecule has 0 N–H and O–H groups in total. The van der Waals surface area contributed by atoms with E-state index in [0.717, 1.165) is 34.6 Å². The molecule has 0 saturated heterocycles. The summed E-state index contributed by atoms with van der Waals surface area (Å²) in [5.74, 6) is 0.226. The van der Waals surface area contributed by atoms with Crippen molar-refractivity contribution in [1.29, 1.82) is 0 Å². The number of halogens is 2. The highest BCUT2D eigenvalue weighted by atomic mass is 127. The Morgan fingerprint density at radius 3 is 2.53 bits per heavy atom. The summed E-state index contributed by atoms with van der Waals surface area (Å²) in [7, 11) is 1.36. The van der Waals surface area contributed by atoms with Gasteiger partial charge in [0.25, 0.3) is 5.56 Å². The topological polar surface area (TPSA) is 69.9 Å². The molecular weight excluding hydrogens is 786 g/mol. The fourth-order valence-corrected chi connectivity index (χ4v) is 8.42. The number of methoxy groups -OCH3 is 1. The van der Waals surface area contributed by atoms with Crippen molar-refractivity contribution in [2.75, 3.05) is 7.11 Å². The molecule has 0 aliphatic carbocycles. The third kappa shape index (κ3) is 5.82. The molecule has 0 amide bonds. The molecule has 216 valence electrons. The van der Waals surface area contributed by atoms with E-state index in [2.05, 4.69) is 75.5 Å². The number of carbonyl (C=O) groups is 1. The molecule has 0 spiro atoms. The highest BCUT2D eigenvalue weighted by Crippen LogP contribution is 2.33. The van der Waals surface area contributed by atoms with Gasteiger partial charge in [0.05, 0.1) is 32.5 Å².